The van der Waals surface area contributed by atoms with Crippen molar-refractivity contribution in [2.45, 2.75) is 18.7 Å². The van der Waals surface area contributed by atoms with Gasteiger partial charge in [0, 0.05) is 5.56 Å². The highest BCUT2D eigenvalue weighted by Gasteiger charge is 2.26. The summed E-state index contributed by atoms with van der Waals surface area (Å²) < 4.78 is 47.8. The summed E-state index contributed by atoms with van der Waals surface area (Å²) in [6.07, 6.45) is 0. The van der Waals surface area contributed by atoms with Gasteiger partial charge in [-0.15, -0.1) is 22.7 Å². The van der Waals surface area contributed by atoms with Crippen molar-refractivity contribution in [1.82, 2.24) is 4.98 Å². The first kappa shape index (κ1) is 27.4. The lowest BCUT2D eigenvalue weighted by Gasteiger charge is -2.13. The number of esters is 1. The highest BCUT2D eigenvalue weighted by molar-refractivity contribution is 7.92. The van der Waals surface area contributed by atoms with Crippen LogP contribution < -0.4 is 10.0 Å². The first-order chi connectivity index (χ1) is 19.2. The third-order valence-corrected chi connectivity index (χ3v) is 9.50. The molecule has 0 bridgehead atoms. The fraction of sp³-hybridized carbons (Fsp3) is 0.107. The molecule has 5 aromatic rings. The predicted molar refractivity (Wildman–Crippen MR) is 155 cm³/mol. The molecule has 2 heterocycles. The largest absolute Gasteiger partial charge is 0.462 e. The molecular formula is C28H22FN3O5S3. The molecule has 0 atom stereocenters. The standard InChI is InChI=1S/C28H22FN3O5S3/c1-3-37-28(34)24-16(2)23(26-30-21-10-6-7-11-22(21)38-26)27(39-24)31-25(33)19-8-4-5-9-20(19)32-40(35,36)18-14-12-17(29)13-15-18/h4-15,32H,3H2,1-2H3,(H,31,33). The van der Waals surface area contributed by atoms with E-state index in [2.05, 4.69) is 10.0 Å². The van der Waals surface area contributed by atoms with Gasteiger partial charge in [-0.05, 0) is 67.9 Å². The second-order valence-electron chi connectivity index (χ2n) is 8.53. The van der Waals surface area contributed by atoms with Gasteiger partial charge in [-0.3, -0.25) is 9.52 Å². The van der Waals surface area contributed by atoms with Crippen molar-refractivity contribution in [1.29, 1.82) is 0 Å². The number of benzene rings is 3. The van der Waals surface area contributed by atoms with Crippen LogP contribution in [0.1, 0.15) is 32.5 Å². The van der Waals surface area contributed by atoms with E-state index >= 15 is 0 Å². The van der Waals surface area contributed by atoms with Gasteiger partial charge in [0.05, 0.1) is 33.0 Å². The number of sulfonamides is 1. The molecule has 2 N–H and O–H groups in total. The van der Waals surface area contributed by atoms with Crippen molar-refractivity contribution in [3.8, 4) is 10.6 Å². The molecule has 2 aromatic heterocycles. The quantitative estimate of drug-likeness (QED) is 0.193. The van der Waals surface area contributed by atoms with Gasteiger partial charge in [0.1, 0.15) is 20.7 Å². The molecule has 0 radical (unpaired) electrons. The predicted octanol–water partition coefficient (Wildman–Crippen LogP) is 6.70. The number of thiazole rings is 1. The topological polar surface area (TPSA) is 114 Å². The first-order valence-corrected chi connectivity index (χ1v) is 15.1. The first-order valence-electron chi connectivity index (χ1n) is 12.0. The van der Waals surface area contributed by atoms with Crippen LogP contribution in [0.15, 0.2) is 77.7 Å². The Kier molecular flexibility index (Phi) is 7.66. The minimum absolute atomic E-state index is 0.0322. The number of rotatable bonds is 8. The fourth-order valence-electron chi connectivity index (χ4n) is 3.99. The number of halogens is 1. The number of amides is 1. The number of carbonyl (C=O) groups excluding carboxylic acids is 2. The third kappa shape index (κ3) is 5.46. The van der Waals surface area contributed by atoms with Crippen LogP contribution in [0.3, 0.4) is 0 Å². The molecule has 0 saturated heterocycles. The Morgan fingerprint density at radius 2 is 1.68 bits per heavy atom. The van der Waals surface area contributed by atoms with Crippen molar-refractivity contribution in [2.75, 3.05) is 16.6 Å². The Balaban J connectivity index is 1.52. The molecule has 3 aromatic carbocycles. The highest BCUT2D eigenvalue weighted by atomic mass is 32.2. The summed E-state index contributed by atoms with van der Waals surface area (Å²) in [5.74, 6) is -1.69. The smallest absolute Gasteiger partial charge is 0.348 e. The Labute approximate surface area is 237 Å². The molecule has 8 nitrogen and oxygen atoms in total. The minimum atomic E-state index is -4.11. The van der Waals surface area contributed by atoms with Crippen LogP contribution in [0.2, 0.25) is 0 Å². The SMILES string of the molecule is CCOC(=O)c1sc(NC(=O)c2ccccc2NS(=O)(=O)c2ccc(F)cc2)c(-c2nc3ccccc3s2)c1C. The van der Waals surface area contributed by atoms with Gasteiger partial charge in [0.25, 0.3) is 15.9 Å². The summed E-state index contributed by atoms with van der Waals surface area (Å²) in [4.78, 5) is 31.2. The molecule has 0 unspecified atom stereocenters. The van der Waals surface area contributed by atoms with Crippen molar-refractivity contribution in [3.63, 3.8) is 0 Å². The zero-order valence-electron chi connectivity index (χ0n) is 21.2. The summed E-state index contributed by atoms with van der Waals surface area (Å²) >= 11 is 2.49. The van der Waals surface area contributed by atoms with Crippen LogP contribution in [0, 0.1) is 12.7 Å². The van der Waals surface area contributed by atoms with Gasteiger partial charge in [0.15, 0.2) is 0 Å². The lowest BCUT2D eigenvalue weighted by molar-refractivity contribution is 0.0531. The normalized spacial score (nSPS) is 11.4. The zero-order chi connectivity index (χ0) is 28.4. The number of anilines is 2. The van der Waals surface area contributed by atoms with Crippen LogP contribution in [-0.4, -0.2) is 31.9 Å². The second kappa shape index (κ2) is 11.2. The molecule has 12 heteroatoms. The number of hydrogen-bond donors (Lipinski definition) is 2. The Hall–Kier alpha value is -4.13. The minimum Gasteiger partial charge on any atom is -0.462 e. The maximum atomic E-state index is 13.6. The fourth-order valence-corrected chi connectivity index (χ4v) is 7.30. The number of ether oxygens (including phenoxy) is 1. The van der Waals surface area contributed by atoms with Crippen molar-refractivity contribution in [3.05, 3.63) is 94.6 Å². The van der Waals surface area contributed by atoms with E-state index in [1.807, 2.05) is 24.3 Å². The summed E-state index contributed by atoms with van der Waals surface area (Å²) in [7, 11) is -4.11. The van der Waals surface area contributed by atoms with Gasteiger partial charge in [-0.25, -0.2) is 22.6 Å². The molecule has 0 aliphatic carbocycles. The van der Waals surface area contributed by atoms with Gasteiger partial charge >= 0.3 is 5.97 Å². The average Bonchev–Trinajstić information content (AvgIpc) is 3.49. The lowest BCUT2D eigenvalue weighted by atomic mass is 10.1. The van der Waals surface area contributed by atoms with E-state index in [1.54, 1.807) is 26.0 Å². The molecule has 1 amide bonds. The van der Waals surface area contributed by atoms with E-state index < -0.39 is 27.7 Å². The number of nitrogens with zero attached hydrogens (tertiary/aromatic N) is 1. The maximum Gasteiger partial charge on any atom is 0.348 e. The number of para-hydroxylation sites is 2. The van der Waals surface area contributed by atoms with Crippen LogP contribution in [0.25, 0.3) is 20.8 Å². The Bertz CT molecular complexity index is 1810. The van der Waals surface area contributed by atoms with E-state index in [4.69, 9.17) is 9.72 Å². The number of fused-ring (bicyclic) bond motifs is 1. The number of carbonyl (C=O) groups is 2. The summed E-state index contributed by atoms with van der Waals surface area (Å²) in [5.41, 5.74) is 2.07. The van der Waals surface area contributed by atoms with E-state index in [1.165, 1.54) is 23.5 Å². The molecule has 204 valence electrons. The number of aromatic nitrogens is 1. The molecule has 40 heavy (non-hydrogen) atoms. The maximum absolute atomic E-state index is 13.6. The van der Waals surface area contributed by atoms with Gasteiger partial charge in [-0.2, -0.15) is 0 Å². The van der Waals surface area contributed by atoms with Crippen molar-refractivity contribution >= 4 is 65.5 Å². The monoisotopic (exact) mass is 595 g/mol. The van der Waals surface area contributed by atoms with E-state index in [0.29, 0.717) is 26.0 Å². The second-order valence-corrected chi connectivity index (χ2v) is 12.3. The third-order valence-electron chi connectivity index (χ3n) is 5.88. The van der Waals surface area contributed by atoms with Crippen LogP contribution >= 0.6 is 22.7 Å². The lowest BCUT2D eigenvalue weighted by Crippen LogP contribution is -2.18. The highest BCUT2D eigenvalue weighted by Crippen LogP contribution is 2.44. The van der Waals surface area contributed by atoms with E-state index in [9.17, 15) is 22.4 Å². The van der Waals surface area contributed by atoms with Gasteiger partial charge in [-0.1, -0.05) is 24.3 Å². The molecule has 0 spiro atoms. The molecule has 0 aliphatic heterocycles. The summed E-state index contributed by atoms with van der Waals surface area (Å²) in [6.45, 7) is 3.67. The molecule has 0 saturated carbocycles. The van der Waals surface area contributed by atoms with Gasteiger partial charge < -0.3 is 10.1 Å². The summed E-state index contributed by atoms with van der Waals surface area (Å²) in [5, 5.41) is 3.85. The van der Waals surface area contributed by atoms with E-state index in [0.717, 1.165) is 45.8 Å². The van der Waals surface area contributed by atoms with Crippen molar-refractivity contribution in [2.24, 2.45) is 0 Å². The molecule has 0 aliphatic rings. The van der Waals surface area contributed by atoms with Crippen molar-refractivity contribution < 1.29 is 27.1 Å². The number of thiophene rings is 1. The molecule has 0 fully saturated rings. The van der Waals surface area contributed by atoms with Crippen LogP contribution in [0.4, 0.5) is 15.1 Å². The molecular weight excluding hydrogens is 574 g/mol. The zero-order valence-corrected chi connectivity index (χ0v) is 23.7. The number of nitrogens with one attached hydrogen (secondary N) is 2. The Morgan fingerprint density at radius 3 is 2.40 bits per heavy atom. The summed E-state index contributed by atoms with van der Waals surface area (Å²) in [6, 6.07) is 18.1. The van der Waals surface area contributed by atoms with E-state index in [-0.39, 0.29) is 22.8 Å². The number of hydrogen-bond acceptors (Lipinski definition) is 8. The molecule has 5 rings (SSSR count). The van der Waals surface area contributed by atoms with Gasteiger partial charge in [0.2, 0.25) is 0 Å². The Morgan fingerprint density at radius 1 is 0.975 bits per heavy atom. The average molecular weight is 596 g/mol. The van der Waals surface area contributed by atoms with Crippen LogP contribution in [0.5, 0.6) is 0 Å². The van der Waals surface area contributed by atoms with Crippen LogP contribution in [-0.2, 0) is 14.8 Å².